The summed E-state index contributed by atoms with van der Waals surface area (Å²) in [6.45, 7) is 1.93. The van der Waals surface area contributed by atoms with E-state index >= 15 is 0 Å². The molecule has 1 rings (SSSR count). The summed E-state index contributed by atoms with van der Waals surface area (Å²) in [5, 5.41) is 11.2. The predicted molar refractivity (Wildman–Crippen MR) is 73.2 cm³/mol. The highest BCUT2D eigenvalue weighted by Gasteiger charge is 2.17. The van der Waals surface area contributed by atoms with Crippen molar-refractivity contribution in [3.63, 3.8) is 0 Å². The smallest absolute Gasteiger partial charge is 0.327 e. The van der Waals surface area contributed by atoms with Gasteiger partial charge in [0, 0.05) is 12.5 Å². The van der Waals surface area contributed by atoms with Crippen LogP contribution < -0.4 is 5.32 Å². The normalized spacial score (nSPS) is 11.8. The molecule has 2 N–H and O–H groups in total. The summed E-state index contributed by atoms with van der Waals surface area (Å²) in [5.74, 6) is 0.594. The Labute approximate surface area is 112 Å². The van der Waals surface area contributed by atoms with Gasteiger partial charge in [-0.2, -0.15) is 0 Å². The van der Waals surface area contributed by atoms with E-state index in [0.29, 0.717) is 0 Å². The molecule has 0 spiro atoms. The molecule has 1 aromatic carbocycles. The van der Waals surface area contributed by atoms with E-state index in [1.54, 1.807) is 6.08 Å². The summed E-state index contributed by atoms with van der Waals surface area (Å²) >= 11 is 0. The van der Waals surface area contributed by atoms with Crippen LogP contribution in [0.2, 0.25) is 0 Å². The zero-order valence-corrected chi connectivity index (χ0v) is 10.6. The van der Waals surface area contributed by atoms with Crippen LogP contribution in [0.5, 0.6) is 0 Å². The van der Waals surface area contributed by atoms with Crippen LogP contribution in [0.1, 0.15) is 17.5 Å². The van der Waals surface area contributed by atoms with Gasteiger partial charge in [-0.3, -0.25) is 4.79 Å². The fourth-order valence-electron chi connectivity index (χ4n) is 1.48. The number of hydrogen-bond donors (Lipinski definition) is 2. The largest absolute Gasteiger partial charge is 0.480 e. The molecule has 19 heavy (non-hydrogen) atoms. The highest BCUT2D eigenvalue weighted by atomic mass is 16.4. The van der Waals surface area contributed by atoms with Crippen molar-refractivity contribution in [2.75, 3.05) is 0 Å². The number of carboxylic acids is 1. The summed E-state index contributed by atoms with van der Waals surface area (Å²) < 4.78 is 0. The van der Waals surface area contributed by atoms with Gasteiger partial charge in [-0.05, 0) is 24.1 Å². The van der Waals surface area contributed by atoms with Crippen LogP contribution in [0.4, 0.5) is 0 Å². The van der Waals surface area contributed by atoms with Crippen molar-refractivity contribution in [3.05, 3.63) is 41.5 Å². The van der Waals surface area contributed by atoms with E-state index in [2.05, 4.69) is 11.2 Å². The number of hydrogen-bond acceptors (Lipinski definition) is 2. The van der Waals surface area contributed by atoms with E-state index < -0.39 is 17.9 Å². The molecule has 0 aromatic heterocycles. The molecule has 1 unspecified atom stereocenters. The van der Waals surface area contributed by atoms with E-state index in [1.165, 1.54) is 6.08 Å². The molecular formula is C15H15NO3. The molecule has 0 aliphatic heterocycles. The summed E-state index contributed by atoms with van der Waals surface area (Å²) in [4.78, 5) is 22.4. The minimum absolute atomic E-state index is 0.0424. The molecule has 0 heterocycles. The number of aliphatic carboxylic acids is 1. The number of terminal acetylenes is 1. The number of rotatable bonds is 5. The zero-order chi connectivity index (χ0) is 14.3. The highest BCUT2D eigenvalue weighted by molar-refractivity contribution is 5.94. The summed E-state index contributed by atoms with van der Waals surface area (Å²) in [6, 6.07) is 6.51. The number of carbonyl (C=O) groups is 2. The van der Waals surface area contributed by atoms with Crippen molar-refractivity contribution in [1.29, 1.82) is 0 Å². The molecule has 0 aliphatic rings. The van der Waals surface area contributed by atoms with Gasteiger partial charge >= 0.3 is 5.97 Å². The molecule has 0 radical (unpaired) electrons. The van der Waals surface area contributed by atoms with Gasteiger partial charge in [0.25, 0.3) is 0 Å². The van der Waals surface area contributed by atoms with E-state index in [4.69, 9.17) is 11.5 Å². The van der Waals surface area contributed by atoms with Crippen LogP contribution in [0.15, 0.2) is 30.3 Å². The van der Waals surface area contributed by atoms with Crippen molar-refractivity contribution in [3.8, 4) is 12.3 Å². The Morgan fingerprint density at radius 2 is 2.16 bits per heavy atom. The molecule has 0 saturated heterocycles. The van der Waals surface area contributed by atoms with Crippen LogP contribution in [0.3, 0.4) is 0 Å². The van der Waals surface area contributed by atoms with Crippen molar-refractivity contribution in [1.82, 2.24) is 5.32 Å². The van der Waals surface area contributed by atoms with Crippen molar-refractivity contribution < 1.29 is 14.7 Å². The maximum atomic E-state index is 11.6. The lowest BCUT2D eigenvalue weighted by atomic mass is 10.1. The van der Waals surface area contributed by atoms with E-state index in [1.807, 2.05) is 31.2 Å². The monoisotopic (exact) mass is 257 g/mol. The second-order valence-corrected chi connectivity index (χ2v) is 4.00. The standard InChI is InChI=1S/C15H15NO3/c1-3-6-13(15(18)19)16-14(17)10-9-12-8-5-4-7-11(12)2/h1,4-5,7-10,13H,6H2,2H3,(H,16,17)(H,18,19)/b10-9+. The number of aryl methyl sites for hydroxylation is 1. The fraction of sp³-hybridized carbons (Fsp3) is 0.200. The first-order valence-corrected chi connectivity index (χ1v) is 5.75. The van der Waals surface area contributed by atoms with Gasteiger partial charge in [-0.25, -0.2) is 4.79 Å². The lowest BCUT2D eigenvalue weighted by Gasteiger charge is -2.09. The van der Waals surface area contributed by atoms with E-state index in [-0.39, 0.29) is 6.42 Å². The highest BCUT2D eigenvalue weighted by Crippen LogP contribution is 2.08. The van der Waals surface area contributed by atoms with Gasteiger partial charge in [0.15, 0.2) is 0 Å². The van der Waals surface area contributed by atoms with Gasteiger partial charge in [0.05, 0.1) is 0 Å². The molecule has 1 aromatic rings. The van der Waals surface area contributed by atoms with Crippen molar-refractivity contribution >= 4 is 18.0 Å². The Morgan fingerprint density at radius 1 is 1.47 bits per heavy atom. The lowest BCUT2D eigenvalue weighted by molar-refractivity contribution is -0.141. The van der Waals surface area contributed by atoms with Crippen LogP contribution >= 0.6 is 0 Å². The first-order chi connectivity index (χ1) is 9.04. The quantitative estimate of drug-likeness (QED) is 0.622. The summed E-state index contributed by atoms with van der Waals surface area (Å²) in [7, 11) is 0. The zero-order valence-electron chi connectivity index (χ0n) is 10.6. The minimum atomic E-state index is -1.14. The molecule has 0 fully saturated rings. The molecule has 0 aliphatic carbocycles. The van der Waals surface area contributed by atoms with Gasteiger partial charge in [0.2, 0.25) is 5.91 Å². The lowest BCUT2D eigenvalue weighted by Crippen LogP contribution is -2.39. The van der Waals surface area contributed by atoms with Crippen molar-refractivity contribution in [2.24, 2.45) is 0 Å². The molecule has 0 saturated carbocycles. The van der Waals surface area contributed by atoms with Crippen LogP contribution in [-0.2, 0) is 9.59 Å². The molecule has 1 atom stereocenters. The molecule has 4 nitrogen and oxygen atoms in total. The van der Waals surface area contributed by atoms with Gasteiger partial charge in [-0.1, -0.05) is 24.3 Å². The van der Waals surface area contributed by atoms with Gasteiger partial charge in [-0.15, -0.1) is 12.3 Å². The fourth-order valence-corrected chi connectivity index (χ4v) is 1.48. The average Bonchev–Trinajstić information content (AvgIpc) is 2.37. The Bertz CT molecular complexity index is 541. The molecular weight excluding hydrogens is 242 g/mol. The maximum absolute atomic E-state index is 11.6. The van der Waals surface area contributed by atoms with Crippen LogP contribution in [0, 0.1) is 19.3 Å². The predicted octanol–water partition coefficient (Wildman–Crippen LogP) is 1.60. The van der Waals surface area contributed by atoms with Gasteiger partial charge in [0.1, 0.15) is 6.04 Å². The number of carbonyl (C=O) groups excluding carboxylic acids is 1. The number of amides is 1. The van der Waals surface area contributed by atoms with Gasteiger partial charge < -0.3 is 10.4 Å². The second-order valence-electron chi connectivity index (χ2n) is 4.00. The topological polar surface area (TPSA) is 66.4 Å². The molecule has 4 heteroatoms. The Hall–Kier alpha value is -2.54. The van der Waals surface area contributed by atoms with E-state index in [9.17, 15) is 9.59 Å². The Kier molecular flexibility index (Phi) is 5.36. The van der Waals surface area contributed by atoms with Crippen molar-refractivity contribution in [2.45, 2.75) is 19.4 Å². The SMILES string of the molecule is C#CCC(NC(=O)/C=C/c1ccccc1C)C(=O)O. The van der Waals surface area contributed by atoms with Crippen LogP contribution in [-0.4, -0.2) is 23.0 Å². The first kappa shape index (κ1) is 14.5. The third-order valence-electron chi connectivity index (χ3n) is 2.54. The third kappa shape index (κ3) is 4.68. The Balaban J connectivity index is 2.68. The first-order valence-electron chi connectivity index (χ1n) is 5.75. The number of carboxylic acid groups (broad SMARTS) is 1. The number of nitrogens with one attached hydrogen (secondary N) is 1. The summed E-state index contributed by atoms with van der Waals surface area (Å²) in [5.41, 5.74) is 1.94. The maximum Gasteiger partial charge on any atom is 0.327 e. The number of benzene rings is 1. The van der Waals surface area contributed by atoms with E-state index in [0.717, 1.165) is 11.1 Å². The third-order valence-corrected chi connectivity index (χ3v) is 2.54. The second kappa shape index (κ2) is 7.02. The van der Waals surface area contributed by atoms with Crippen LogP contribution in [0.25, 0.3) is 6.08 Å². The molecule has 0 bridgehead atoms. The summed E-state index contributed by atoms with van der Waals surface area (Å²) in [6.07, 6.45) is 7.94. The molecule has 98 valence electrons. The minimum Gasteiger partial charge on any atom is -0.480 e. The molecule has 1 amide bonds. The average molecular weight is 257 g/mol. The Morgan fingerprint density at radius 3 is 2.74 bits per heavy atom.